The van der Waals surface area contributed by atoms with E-state index in [0.29, 0.717) is 22.8 Å². The molecule has 4 aromatic rings. The van der Waals surface area contributed by atoms with Crippen molar-refractivity contribution in [2.24, 2.45) is 11.6 Å². The maximum atomic E-state index is 14.1. The summed E-state index contributed by atoms with van der Waals surface area (Å²) in [4.78, 5) is 4.99. The zero-order chi connectivity index (χ0) is 29.9. The maximum Gasteiger partial charge on any atom is 0.573 e. The second-order valence-electron chi connectivity index (χ2n) is 8.96. The third-order valence-electron chi connectivity index (χ3n) is 6.01. The molecule has 0 radical (unpaired) electrons. The molecule has 216 valence electrons. The van der Waals surface area contributed by atoms with Gasteiger partial charge in [0.1, 0.15) is 17.3 Å². The van der Waals surface area contributed by atoms with Crippen LogP contribution in [0.2, 0.25) is 0 Å². The van der Waals surface area contributed by atoms with Gasteiger partial charge < -0.3 is 15.0 Å². The van der Waals surface area contributed by atoms with Gasteiger partial charge in [-0.1, -0.05) is 18.2 Å². The van der Waals surface area contributed by atoms with Crippen LogP contribution in [0.25, 0.3) is 22.5 Å². The SMILES string of the molecule is CNSc1cccc(-c2ccc(-n3cc(C(C)(F)F)nc3C)c(N(N)/C(=C\N)c3ccc(OC(F)(F)F)cc3)c2)c1. The topological polar surface area (TPSA) is 94.4 Å². The Morgan fingerprint density at radius 2 is 1.71 bits per heavy atom. The van der Waals surface area contributed by atoms with Gasteiger partial charge in [-0.3, -0.25) is 9.73 Å². The van der Waals surface area contributed by atoms with E-state index < -0.39 is 23.7 Å². The highest BCUT2D eigenvalue weighted by molar-refractivity contribution is 7.97. The normalized spacial score (nSPS) is 12.5. The number of aryl methyl sites for hydroxylation is 1. The molecule has 13 heteroatoms. The quantitative estimate of drug-likeness (QED) is 0.0862. The number of benzene rings is 3. The molecule has 4 rings (SSSR count). The van der Waals surface area contributed by atoms with Crippen molar-refractivity contribution in [3.8, 4) is 22.6 Å². The highest BCUT2D eigenvalue weighted by Crippen LogP contribution is 2.36. The first-order valence-electron chi connectivity index (χ1n) is 12.2. The van der Waals surface area contributed by atoms with Crippen LogP contribution in [0.3, 0.4) is 0 Å². The van der Waals surface area contributed by atoms with E-state index in [1.165, 1.54) is 46.1 Å². The molecule has 0 fully saturated rings. The predicted octanol–water partition coefficient (Wildman–Crippen LogP) is 6.72. The van der Waals surface area contributed by atoms with Gasteiger partial charge in [-0.2, -0.15) is 8.78 Å². The Bertz CT molecular complexity index is 1550. The summed E-state index contributed by atoms with van der Waals surface area (Å²) in [6.45, 7) is 2.35. The van der Waals surface area contributed by atoms with Crippen LogP contribution in [0, 0.1) is 6.92 Å². The molecule has 0 saturated heterocycles. The Labute approximate surface area is 237 Å². The zero-order valence-corrected chi connectivity index (χ0v) is 23.0. The number of hydrazine groups is 1. The molecule has 0 saturated carbocycles. The molecule has 0 aliphatic carbocycles. The third-order valence-corrected chi connectivity index (χ3v) is 6.71. The first-order chi connectivity index (χ1) is 19.3. The number of nitrogens with one attached hydrogen (secondary N) is 1. The second kappa shape index (κ2) is 11.8. The van der Waals surface area contributed by atoms with Gasteiger partial charge in [0.15, 0.2) is 0 Å². The highest BCUT2D eigenvalue weighted by Gasteiger charge is 2.31. The van der Waals surface area contributed by atoms with Crippen LogP contribution in [-0.2, 0) is 5.92 Å². The monoisotopic (exact) mass is 590 g/mol. The zero-order valence-electron chi connectivity index (χ0n) is 22.2. The summed E-state index contributed by atoms with van der Waals surface area (Å²) in [5.41, 5.74) is 8.57. The van der Waals surface area contributed by atoms with Crippen LogP contribution in [0.4, 0.5) is 27.6 Å². The molecular weight excluding hydrogens is 563 g/mol. The van der Waals surface area contributed by atoms with Gasteiger partial charge >= 0.3 is 6.36 Å². The Kier molecular flexibility index (Phi) is 8.61. The Hall–Kier alpha value is -4.07. The second-order valence-corrected chi connectivity index (χ2v) is 10.0. The summed E-state index contributed by atoms with van der Waals surface area (Å²) in [5, 5.41) is 1.24. The standard InChI is InChI=1S/C28H27F5N6OS/c1-17-37-26(27(2,29)30)16-38(17)23-12-9-20(19-5-4-6-22(13-19)41-36-3)14-24(23)39(35)25(15-34)18-7-10-21(11-8-18)40-28(31,32)33/h4-16,36H,34-35H2,1-3H3/b25-15-. The minimum absolute atomic E-state index is 0.236. The summed E-state index contributed by atoms with van der Waals surface area (Å²) in [7, 11) is 1.81. The number of alkyl halides is 5. The maximum absolute atomic E-state index is 14.1. The van der Waals surface area contributed by atoms with E-state index in [1.807, 2.05) is 30.3 Å². The van der Waals surface area contributed by atoms with Crippen LogP contribution in [0.1, 0.15) is 24.0 Å². The number of halogens is 5. The van der Waals surface area contributed by atoms with Gasteiger partial charge in [0, 0.05) is 29.8 Å². The van der Waals surface area contributed by atoms with E-state index in [2.05, 4.69) is 14.4 Å². The predicted molar refractivity (Wildman–Crippen MR) is 150 cm³/mol. The molecule has 7 nitrogen and oxygen atoms in total. The van der Waals surface area contributed by atoms with Crippen LogP contribution < -0.4 is 26.0 Å². The molecule has 1 aromatic heterocycles. The minimum Gasteiger partial charge on any atom is -0.406 e. The van der Waals surface area contributed by atoms with Crippen molar-refractivity contribution in [3.63, 3.8) is 0 Å². The fraction of sp³-hybridized carbons (Fsp3) is 0.179. The minimum atomic E-state index is -4.84. The summed E-state index contributed by atoms with van der Waals surface area (Å²) < 4.78 is 74.6. The number of hydrogen-bond donors (Lipinski definition) is 3. The number of aromatic nitrogens is 2. The first kappa shape index (κ1) is 29.9. The van der Waals surface area contributed by atoms with Crippen molar-refractivity contribution in [2.45, 2.75) is 31.0 Å². The molecular formula is C28H27F5N6OS. The van der Waals surface area contributed by atoms with Crippen molar-refractivity contribution in [1.29, 1.82) is 0 Å². The Balaban J connectivity index is 1.83. The first-order valence-corrected chi connectivity index (χ1v) is 13.0. The van der Waals surface area contributed by atoms with Gasteiger partial charge in [-0.05, 0) is 85.6 Å². The van der Waals surface area contributed by atoms with Crippen LogP contribution in [0.15, 0.2) is 84.0 Å². The molecule has 0 amide bonds. The van der Waals surface area contributed by atoms with E-state index in [-0.39, 0.29) is 5.70 Å². The van der Waals surface area contributed by atoms with Crippen molar-refractivity contribution in [3.05, 3.63) is 96.2 Å². The number of hydrogen-bond acceptors (Lipinski definition) is 7. The van der Waals surface area contributed by atoms with Crippen LogP contribution in [-0.4, -0.2) is 23.0 Å². The average molecular weight is 591 g/mol. The average Bonchev–Trinajstić information content (AvgIpc) is 3.31. The Morgan fingerprint density at radius 1 is 1.02 bits per heavy atom. The summed E-state index contributed by atoms with van der Waals surface area (Å²) in [6.07, 6.45) is -2.41. The third kappa shape index (κ3) is 6.99. The molecule has 3 aromatic carbocycles. The molecule has 1 heterocycles. The van der Waals surface area contributed by atoms with Crippen molar-refractivity contribution >= 4 is 23.3 Å². The number of ether oxygens (including phenoxy) is 1. The molecule has 0 unspecified atom stereocenters. The highest BCUT2D eigenvalue weighted by atomic mass is 32.2. The summed E-state index contributed by atoms with van der Waals surface area (Å²) in [5.74, 6) is 3.31. The molecule has 41 heavy (non-hydrogen) atoms. The van der Waals surface area contributed by atoms with E-state index in [4.69, 9.17) is 11.6 Å². The molecule has 5 N–H and O–H groups in total. The lowest BCUT2D eigenvalue weighted by Crippen LogP contribution is -2.31. The smallest absolute Gasteiger partial charge is 0.406 e. The fourth-order valence-electron chi connectivity index (χ4n) is 4.16. The molecule has 0 bridgehead atoms. The van der Waals surface area contributed by atoms with Crippen molar-refractivity contribution in [2.75, 3.05) is 12.1 Å². The van der Waals surface area contributed by atoms with E-state index >= 15 is 0 Å². The van der Waals surface area contributed by atoms with E-state index in [0.717, 1.165) is 35.1 Å². The van der Waals surface area contributed by atoms with Crippen molar-refractivity contribution in [1.82, 2.24) is 14.3 Å². The number of anilines is 1. The molecule has 0 spiro atoms. The Morgan fingerprint density at radius 3 is 2.29 bits per heavy atom. The summed E-state index contributed by atoms with van der Waals surface area (Å²) in [6, 6.07) is 18.1. The lowest BCUT2D eigenvalue weighted by molar-refractivity contribution is -0.274. The lowest BCUT2D eigenvalue weighted by Gasteiger charge is -2.26. The van der Waals surface area contributed by atoms with Gasteiger partial charge in [0.05, 0.1) is 17.1 Å². The molecule has 0 atom stereocenters. The van der Waals surface area contributed by atoms with Gasteiger partial charge in [0.2, 0.25) is 0 Å². The van der Waals surface area contributed by atoms with Gasteiger partial charge in [-0.25, -0.2) is 10.8 Å². The number of rotatable bonds is 9. The summed E-state index contributed by atoms with van der Waals surface area (Å²) >= 11 is 1.44. The van der Waals surface area contributed by atoms with Gasteiger partial charge in [-0.15, -0.1) is 13.2 Å². The molecule has 0 aliphatic heterocycles. The number of nitrogens with two attached hydrogens (primary N) is 2. The van der Waals surface area contributed by atoms with E-state index in [9.17, 15) is 22.0 Å². The van der Waals surface area contributed by atoms with Crippen LogP contribution >= 0.6 is 11.9 Å². The van der Waals surface area contributed by atoms with E-state index in [1.54, 1.807) is 26.1 Å². The van der Waals surface area contributed by atoms with Crippen molar-refractivity contribution < 1.29 is 26.7 Å². The lowest BCUT2D eigenvalue weighted by atomic mass is 10.0. The van der Waals surface area contributed by atoms with Crippen LogP contribution in [0.5, 0.6) is 5.75 Å². The number of nitrogens with zero attached hydrogens (tertiary/aromatic N) is 3. The number of imidazole rings is 1. The largest absolute Gasteiger partial charge is 0.573 e. The fourth-order valence-corrected chi connectivity index (χ4v) is 4.73. The van der Waals surface area contributed by atoms with Gasteiger partial charge in [0.25, 0.3) is 5.92 Å². The molecule has 0 aliphatic rings.